The first-order chi connectivity index (χ1) is 13.9. The summed E-state index contributed by atoms with van der Waals surface area (Å²) >= 11 is 19.0. The standard InChI is InChI=1S/C20H12Cl3N3O3/c21-15-5-2-1-4-12(15)13-8-11(26(28)29)9-18-14(13)10-24-20(27)25(18)19-16(22)6-3-7-17(19)23/h1-9H,10H2,(H,24,27). The lowest BCUT2D eigenvalue weighted by atomic mass is 9.95. The second kappa shape index (κ2) is 7.55. The number of carbonyl (C=O) groups is 1. The number of nitrogens with zero attached hydrogens (tertiary/aromatic N) is 2. The topological polar surface area (TPSA) is 75.5 Å². The molecule has 1 aliphatic heterocycles. The Hall–Kier alpha value is -2.80. The van der Waals surface area contributed by atoms with Crippen LogP contribution in [0.15, 0.2) is 54.6 Å². The maximum atomic E-state index is 12.8. The van der Waals surface area contributed by atoms with Crippen LogP contribution in [0.1, 0.15) is 5.56 Å². The highest BCUT2D eigenvalue weighted by Crippen LogP contribution is 2.45. The number of halogens is 3. The molecule has 3 aromatic carbocycles. The van der Waals surface area contributed by atoms with Crippen molar-refractivity contribution in [2.45, 2.75) is 6.54 Å². The van der Waals surface area contributed by atoms with E-state index < -0.39 is 11.0 Å². The van der Waals surface area contributed by atoms with Gasteiger partial charge >= 0.3 is 6.03 Å². The molecule has 0 aromatic heterocycles. The minimum Gasteiger partial charge on any atom is -0.333 e. The molecule has 29 heavy (non-hydrogen) atoms. The van der Waals surface area contributed by atoms with Gasteiger partial charge in [0.2, 0.25) is 0 Å². The minimum absolute atomic E-state index is 0.172. The maximum Gasteiger partial charge on any atom is 0.326 e. The molecule has 1 N–H and O–H groups in total. The number of nitro benzene ring substituents is 1. The van der Waals surface area contributed by atoms with E-state index in [2.05, 4.69) is 5.32 Å². The lowest BCUT2D eigenvalue weighted by molar-refractivity contribution is -0.384. The van der Waals surface area contributed by atoms with Gasteiger partial charge in [0, 0.05) is 34.8 Å². The molecule has 1 aliphatic rings. The Labute approximate surface area is 180 Å². The molecule has 6 nitrogen and oxygen atoms in total. The van der Waals surface area contributed by atoms with Crippen molar-refractivity contribution in [3.63, 3.8) is 0 Å². The highest BCUT2D eigenvalue weighted by molar-refractivity contribution is 6.40. The van der Waals surface area contributed by atoms with E-state index in [9.17, 15) is 14.9 Å². The first-order valence-corrected chi connectivity index (χ1v) is 9.60. The van der Waals surface area contributed by atoms with E-state index in [4.69, 9.17) is 34.8 Å². The van der Waals surface area contributed by atoms with Crippen LogP contribution in [0.3, 0.4) is 0 Å². The summed E-state index contributed by atoms with van der Waals surface area (Å²) in [6.07, 6.45) is 0. The third-order valence-electron chi connectivity index (χ3n) is 4.61. The fraction of sp³-hybridized carbons (Fsp3) is 0.0500. The summed E-state index contributed by atoms with van der Waals surface area (Å²) in [6.45, 7) is 0.172. The first-order valence-electron chi connectivity index (χ1n) is 8.46. The van der Waals surface area contributed by atoms with Crippen LogP contribution in [0.2, 0.25) is 15.1 Å². The average Bonchev–Trinajstić information content (AvgIpc) is 2.69. The molecule has 0 saturated heterocycles. The fourth-order valence-corrected chi connectivity index (χ4v) is 4.13. The van der Waals surface area contributed by atoms with E-state index in [-0.39, 0.29) is 28.0 Å². The van der Waals surface area contributed by atoms with Crippen LogP contribution in [0, 0.1) is 10.1 Å². The number of para-hydroxylation sites is 1. The smallest absolute Gasteiger partial charge is 0.326 e. The van der Waals surface area contributed by atoms with Gasteiger partial charge in [0.25, 0.3) is 5.69 Å². The van der Waals surface area contributed by atoms with E-state index >= 15 is 0 Å². The van der Waals surface area contributed by atoms with E-state index in [0.29, 0.717) is 27.4 Å². The van der Waals surface area contributed by atoms with E-state index in [0.717, 1.165) is 0 Å². The summed E-state index contributed by atoms with van der Waals surface area (Å²) < 4.78 is 0. The van der Waals surface area contributed by atoms with Gasteiger partial charge < -0.3 is 5.32 Å². The van der Waals surface area contributed by atoms with Gasteiger partial charge in [0.05, 0.1) is 26.3 Å². The van der Waals surface area contributed by atoms with Crippen LogP contribution in [-0.4, -0.2) is 11.0 Å². The predicted molar refractivity (Wildman–Crippen MR) is 114 cm³/mol. The van der Waals surface area contributed by atoms with Gasteiger partial charge in [-0.25, -0.2) is 4.79 Å². The van der Waals surface area contributed by atoms with Crippen LogP contribution in [0.5, 0.6) is 0 Å². The SMILES string of the molecule is O=C1NCc2c(-c3ccccc3Cl)cc([N+](=O)[O-])cc2N1c1c(Cl)cccc1Cl. The number of benzene rings is 3. The maximum absolute atomic E-state index is 12.8. The molecule has 9 heteroatoms. The monoisotopic (exact) mass is 447 g/mol. The first kappa shape index (κ1) is 19.5. The van der Waals surface area contributed by atoms with Crippen molar-refractivity contribution in [3.05, 3.63) is 85.3 Å². The van der Waals surface area contributed by atoms with E-state index in [1.54, 1.807) is 42.5 Å². The van der Waals surface area contributed by atoms with Crippen LogP contribution < -0.4 is 10.2 Å². The Bertz CT molecular complexity index is 1150. The molecule has 0 bridgehead atoms. The number of non-ortho nitro benzene ring substituents is 1. The molecule has 3 aromatic rings. The predicted octanol–water partition coefficient (Wildman–Crippen LogP) is 6.58. The molecule has 0 saturated carbocycles. The number of carbonyl (C=O) groups excluding carboxylic acids is 1. The van der Waals surface area contributed by atoms with Crippen LogP contribution in [0.4, 0.5) is 21.9 Å². The number of urea groups is 1. The van der Waals surface area contributed by atoms with Gasteiger partial charge in [-0.1, -0.05) is 59.1 Å². The number of rotatable bonds is 3. The Balaban J connectivity index is 2.04. The van der Waals surface area contributed by atoms with Gasteiger partial charge in [0.1, 0.15) is 0 Å². The molecule has 0 aliphatic carbocycles. The van der Waals surface area contributed by atoms with Crippen molar-refractivity contribution in [1.29, 1.82) is 0 Å². The van der Waals surface area contributed by atoms with E-state index in [1.807, 2.05) is 0 Å². The highest BCUT2D eigenvalue weighted by atomic mass is 35.5. The van der Waals surface area contributed by atoms with Crippen molar-refractivity contribution in [2.24, 2.45) is 0 Å². The Morgan fingerprint density at radius 1 is 0.931 bits per heavy atom. The quantitative estimate of drug-likeness (QED) is 0.363. The lowest BCUT2D eigenvalue weighted by Crippen LogP contribution is -2.41. The average molecular weight is 449 g/mol. The van der Waals surface area contributed by atoms with Gasteiger partial charge in [-0.2, -0.15) is 0 Å². The summed E-state index contributed by atoms with van der Waals surface area (Å²) in [5.74, 6) is 0. The summed E-state index contributed by atoms with van der Waals surface area (Å²) in [5.41, 5.74) is 2.23. The number of amides is 2. The normalized spacial score (nSPS) is 13.1. The molecular formula is C20H12Cl3N3O3. The molecule has 0 radical (unpaired) electrons. The largest absolute Gasteiger partial charge is 0.333 e. The number of hydrogen-bond donors (Lipinski definition) is 1. The van der Waals surface area contributed by atoms with Crippen molar-refractivity contribution < 1.29 is 9.72 Å². The summed E-state index contributed by atoms with van der Waals surface area (Å²) in [4.78, 5) is 25.1. The fourth-order valence-electron chi connectivity index (χ4n) is 3.33. The van der Waals surface area contributed by atoms with Crippen molar-refractivity contribution in [1.82, 2.24) is 5.32 Å². The number of nitro groups is 1. The summed E-state index contributed by atoms with van der Waals surface area (Å²) in [7, 11) is 0. The highest BCUT2D eigenvalue weighted by Gasteiger charge is 2.32. The molecule has 1 heterocycles. The molecule has 0 fully saturated rings. The van der Waals surface area contributed by atoms with E-state index in [1.165, 1.54) is 17.0 Å². The van der Waals surface area contributed by atoms with Gasteiger partial charge in [0.15, 0.2) is 0 Å². The Morgan fingerprint density at radius 3 is 2.24 bits per heavy atom. The molecular weight excluding hydrogens is 437 g/mol. The van der Waals surface area contributed by atoms with Crippen molar-refractivity contribution in [3.8, 4) is 11.1 Å². The third kappa shape index (κ3) is 3.40. The zero-order chi connectivity index (χ0) is 20.7. The summed E-state index contributed by atoms with van der Waals surface area (Å²) in [6, 6.07) is 14.2. The molecule has 2 amide bonds. The van der Waals surface area contributed by atoms with Gasteiger partial charge in [-0.05, 0) is 23.8 Å². The number of anilines is 2. The van der Waals surface area contributed by atoms with Crippen molar-refractivity contribution in [2.75, 3.05) is 4.90 Å². The van der Waals surface area contributed by atoms with Gasteiger partial charge in [-0.3, -0.25) is 15.0 Å². The second-order valence-corrected chi connectivity index (χ2v) is 7.51. The summed E-state index contributed by atoms with van der Waals surface area (Å²) in [5, 5.41) is 15.3. The minimum atomic E-state index is -0.514. The molecule has 146 valence electrons. The van der Waals surface area contributed by atoms with Gasteiger partial charge in [-0.15, -0.1) is 0 Å². The third-order valence-corrected chi connectivity index (χ3v) is 5.55. The Morgan fingerprint density at radius 2 is 1.59 bits per heavy atom. The van der Waals surface area contributed by atoms with Crippen LogP contribution >= 0.6 is 34.8 Å². The number of hydrogen-bond acceptors (Lipinski definition) is 3. The van der Waals surface area contributed by atoms with Crippen LogP contribution in [-0.2, 0) is 6.54 Å². The number of fused-ring (bicyclic) bond motifs is 1. The molecule has 0 spiro atoms. The molecule has 0 atom stereocenters. The zero-order valence-corrected chi connectivity index (χ0v) is 16.9. The molecule has 0 unspecified atom stereocenters. The lowest BCUT2D eigenvalue weighted by Gasteiger charge is -2.32. The zero-order valence-electron chi connectivity index (χ0n) is 14.7. The van der Waals surface area contributed by atoms with Crippen molar-refractivity contribution >= 4 is 57.9 Å². The Kier molecular flexibility index (Phi) is 5.08. The molecule has 4 rings (SSSR count). The number of nitrogens with one attached hydrogen (secondary N) is 1. The van der Waals surface area contributed by atoms with Crippen LogP contribution in [0.25, 0.3) is 11.1 Å². The second-order valence-electron chi connectivity index (χ2n) is 6.29.